The third-order valence-electron chi connectivity index (χ3n) is 3.19. The van der Waals surface area contributed by atoms with E-state index in [1.807, 2.05) is 12.1 Å². The average molecular weight is 298 g/mol. The Morgan fingerprint density at radius 2 is 1.95 bits per heavy atom. The van der Waals surface area contributed by atoms with Gasteiger partial charge in [0.25, 0.3) is 0 Å². The summed E-state index contributed by atoms with van der Waals surface area (Å²) >= 11 is 0. The topological polar surface area (TPSA) is 43.4 Å². The molecule has 0 radical (unpaired) electrons. The van der Waals surface area contributed by atoms with Gasteiger partial charge in [0.15, 0.2) is 11.5 Å². The van der Waals surface area contributed by atoms with Crippen LogP contribution in [0.4, 0.5) is 19.0 Å². The van der Waals surface area contributed by atoms with Crippen LogP contribution in [0.3, 0.4) is 0 Å². The molecule has 4 nitrogen and oxygen atoms in total. The van der Waals surface area contributed by atoms with Crippen molar-refractivity contribution in [3.8, 4) is 11.5 Å². The second-order valence-corrected chi connectivity index (χ2v) is 4.73. The quantitative estimate of drug-likeness (QED) is 0.874. The van der Waals surface area contributed by atoms with E-state index < -0.39 is 12.6 Å². The van der Waals surface area contributed by atoms with Crippen LogP contribution in [0, 0.1) is 0 Å². The molecule has 1 N–H and O–H groups in total. The van der Waals surface area contributed by atoms with Gasteiger partial charge in [-0.1, -0.05) is 0 Å². The van der Waals surface area contributed by atoms with E-state index in [0.29, 0.717) is 17.3 Å². The third kappa shape index (κ3) is 3.12. The Balaban J connectivity index is 1.76. The molecule has 0 saturated carbocycles. The van der Waals surface area contributed by atoms with E-state index in [4.69, 9.17) is 9.47 Å². The summed E-state index contributed by atoms with van der Waals surface area (Å²) in [6, 6.07) is 5.44. The van der Waals surface area contributed by atoms with Crippen LogP contribution in [0.5, 0.6) is 11.5 Å². The predicted molar refractivity (Wildman–Crippen MR) is 71.6 cm³/mol. The van der Waals surface area contributed by atoms with Gasteiger partial charge < -0.3 is 14.8 Å². The number of hydrogen-bond acceptors (Lipinski definition) is 4. The van der Waals surface area contributed by atoms with Gasteiger partial charge in [0.2, 0.25) is 6.79 Å². The first-order chi connectivity index (χ1) is 10.0. The van der Waals surface area contributed by atoms with Crippen molar-refractivity contribution >= 4 is 16.6 Å². The standard InChI is InChI=1S/C14H13F3N2O2/c15-14(16,17)3-1-4-18-13-10-7-12-11(20-8-21-12)6-9(10)2-5-19-13/h2,5-7H,1,3-4,8H2,(H,18,19). The van der Waals surface area contributed by atoms with E-state index in [2.05, 4.69) is 10.3 Å². The Labute approximate surface area is 118 Å². The number of nitrogens with one attached hydrogen (secondary N) is 1. The molecule has 0 saturated heterocycles. The molecule has 0 atom stereocenters. The minimum absolute atomic E-state index is 0.00607. The lowest BCUT2D eigenvalue weighted by Gasteiger charge is -2.10. The number of ether oxygens (including phenoxy) is 2. The summed E-state index contributed by atoms with van der Waals surface area (Å²) in [4.78, 5) is 4.18. The Kier molecular flexibility index (Phi) is 3.48. The fraction of sp³-hybridized carbons (Fsp3) is 0.357. The maximum atomic E-state index is 12.1. The number of pyridine rings is 1. The monoisotopic (exact) mass is 298 g/mol. The smallest absolute Gasteiger partial charge is 0.389 e. The predicted octanol–water partition coefficient (Wildman–Crippen LogP) is 3.72. The van der Waals surface area contributed by atoms with Crippen molar-refractivity contribution in [1.29, 1.82) is 0 Å². The highest BCUT2D eigenvalue weighted by Gasteiger charge is 2.26. The lowest BCUT2D eigenvalue weighted by Crippen LogP contribution is -2.11. The van der Waals surface area contributed by atoms with Gasteiger partial charge in [0.05, 0.1) is 0 Å². The van der Waals surface area contributed by atoms with E-state index in [-0.39, 0.29) is 19.8 Å². The van der Waals surface area contributed by atoms with Gasteiger partial charge in [0, 0.05) is 24.5 Å². The molecule has 1 aromatic carbocycles. The zero-order valence-electron chi connectivity index (χ0n) is 11.0. The van der Waals surface area contributed by atoms with Crippen molar-refractivity contribution in [2.75, 3.05) is 18.7 Å². The van der Waals surface area contributed by atoms with Crippen molar-refractivity contribution in [3.63, 3.8) is 0 Å². The second kappa shape index (κ2) is 5.31. The van der Waals surface area contributed by atoms with Gasteiger partial charge in [-0.3, -0.25) is 0 Å². The summed E-state index contributed by atoms with van der Waals surface area (Å²) in [7, 11) is 0. The molecule has 0 bridgehead atoms. The first-order valence-corrected chi connectivity index (χ1v) is 6.52. The molecule has 0 fully saturated rings. The van der Waals surface area contributed by atoms with Crippen molar-refractivity contribution in [2.24, 2.45) is 0 Å². The largest absolute Gasteiger partial charge is 0.454 e. The number of halogens is 3. The molecule has 1 aromatic heterocycles. The summed E-state index contributed by atoms with van der Waals surface area (Å²) in [5.74, 6) is 1.83. The molecular weight excluding hydrogens is 285 g/mol. The number of aromatic nitrogens is 1. The molecule has 0 amide bonds. The summed E-state index contributed by atoms with van der Waals surface area (Å²) in [6.45, 7) is 0.382. The number of hydrogen-bond donors (Lipinski definition) is 1. The molecule has 0 unspecified atom stereocenters. The number of fused-ring (bicyclic) bond motifs is 2. The van der Waals surface area contributed by atoms with Crippen LogP contribution in [0.25, 0.3) is 10.8 Å². The van der Waals surface area contributed by atoms with Crippen molar-refractivity contribution in [3.05, 3.63) is 24.4 Å². The first kappa shape index (κ1) is 13.8. The van der Waals surface area contributed by atoms with E-state index in [0.717, 1.165) is 10.8 Å². The maximum absolute atomic E-state index is 12.1. The number of nitrogens with zero attached hydrogens (tertiary/aromatic N) is 1. The Bertz CT molecular complexity index is 658. The highest BCUT2D eigenvalue weighted by molar-refractivity contribution is 5.94. The lowest BCUT2D eigenvalue weighted by molar-refractivity contribution is -0.134. The summed E-state index contributed by atoms with van der Waals surface area (Å²) < 4.78 is 46.9. The summed E-state index contributed by atoms with van der Waals surface area (Å²) in [5.41, 5.74) is 0. The molecule has 0 aliphatic carbocycles. The molecule has 3 rings (SSSR count). The normalized spacial score (nSPS) is 13.7. The number of rotatable bonds is 4. The molecule has 112 valence electrons. The van der Waals surface area contributed by atoms with Gasteiger partial charge >= 0.3 is 6.18 Å². The first-order valence-electron chi connectivity index (χ1n) is 6.52. The Morgan fingerprint density at radius 3 is 2.71 bits per heavy atom. The molecule has 0 spiro atoms. The average Bonchev–Trinajstić information content (AvgIpc) is 2.87. The molecule has 7 heteroatoms. The highest BCUT2D eigenvalue weighted by atomic mass is 19.4. The van der Waals surface area contributed by atoms with Crippen molar-refractivity contribution < 1.29 is 22.6 Å². The SMILES string of the molecule is FC(F)(F)CCCNc1nccc2cc3c(cc12)OCO3. The van der Waals surface area contributed by atoms with E-state index in [1.54, 1.807) is 12.3 Å². The van der Waals surface area contributed by atoms with Gasteiger partial charge in [-0.25, -0.2) is 4.98 Å². The van der Waals surface area contributed by atoms with Crippen molar-refractivity contribution in [1.82, 2.24) is 4.98 Å². The molecule has 2 aromatic rings. The van der Waals surface area contributed by atoms with Crippen LogP contribution >= 0.6 is 0 Å². The van der Waals surface area contributed by atoms with E-state index in [1.165, 1.54) is 0 Å². The molecule has 2 heterocycles. The van der Waals surface area contributed by atoms with E-state index in [9.17, 15) is 13.2 Å². The number of benzene rings is 1. The van der Waals surface area contributed by atoms with E-state index >= 15 is 0 Å². The van der Waals surface area contributed by atoms with Crippen LogP contribution in [-0.2, 0) is 0 Å². The van der Waals surface area contributed by atoms with Crippen LogP contribution in [0.2, 0.25) is 0 Å². The van der Waals surface area contributed by atoms with Gasteiger partial charge in [-0.2, -0.15) is 13.2 Å². The van der Waals surface area contributed by atoms with Gasteiger partial charge in [-0.15, -0.1) is 0 Å². The lowest BCUT2D eigenvalue weighted by atomic mass is 10.1. The van der Waals surface area contributed by atoms with Crippen LogP contribution in [-0.4, -0.2) is 24.5 Å². The minimum Gasteiger partial charge on any atom is -0.454 e. The van der Waals surface area contributed by atoms with Crippen LogP contribution < -0.4 is 14.8 Å². The maximum Gasteiger partial charge on any atom is 0.389 e. The number of alkyl halides is 3. The minimum atomic E-state index is -4.13. The highest BCUT2D eigenvalue weighted by Crippen LogP contribution is 2.37. The van der Waals surface area contributed by atoms with Gasteiger partial charge in [-0.05, 0) is 30.0 Å². The molecule has 1 aliphatic heterocycles. The molecular formula is C14H13F3N2O2. The Morgan fingerprint density at radius 1 is 1.19 bits per heavy atom. The summed E-state index contributed by atoms with van der Waals surface area (Å²) in [5, 5.41) is 4.64. The van der Waals surface area contributed by atoms with Crippen LogP contribution in [0.15, 0.2) is 24.4 Å². The molecule has 1 aliphatic rings. The van der Waals surface area contributed by atoms with Gasteiger partial charge in [0.1, 0.15) is 5.82 Å². The third-order valence-corrected chi connectivity index (χ3v) is 3.19. The number of anilines is 1. The second-order valence-electron chi connectivity index (χ2n) is 4.73. The van der Waals surface area contributed by atoms with Crippen LogP contribution in [0.1, 0.15) is 12.8 Å². The van der Waals surface area contributed by atoms with Crippen molar-refractivity contribution in [2.45, 2.75) is 19.0 Å². The Hall–Kier alpha value is -2.18. The summed E-state index contributed by atoms with van der Waals surface area (Å²) in [6.07, 6.45) is -3.32. The molecule has 21 heavy (non-hydrogen) atoms. The zero-order valence-corrected chi connectivity index (χ0v) is 11.0. The fourth-order valence-corrected chi connectivity index (χ4v) is 2.20. The fourth-order valence-electron chi connectivity index (χ4n) is 2.20. The zero-order chi connectivity index (χ0) is 14.9.